The first-order valence-corrected chi connectivity index (χ1v) is 7.90. The van der Waals surface area contributed by atoms with E-state index in [4.69, 9.17) is 5.73 Å². The van der Waals surface area contributed by atoms with Crippen LogP contribution in [0.25, 0.3) is 26.2 Å². The highest BCUT2D eigenvalue weighted by atomic mass is 32.1. The molecule has 21 heavy (non-hydrogen) atoms. The highest BCUT2D eigenvalue weighted by Gasteiger charge is 2.17. The molecule has 0 aliphatic heterocycles. The molecule has 0 radical (unpaired) electrons. The first-order valence-electron chi connectivity index (χ1n) is 6.20. The quantitative estimate of drug-likeness (QED) is 0.615. The standard InChI is InChI=1S/C13H10N6S2/c1-7-6-20-10(9(7)14)12-18-19-11(16-17-13(19)21-12)8-3-2-4-15-5-8/h2-6H,14H2,1H3. The van der Waals surface area contributed by atoms with Crippen LogP contribution < -0.4 is 5.73 Å². The van der Waals surface area contributed by atoms with Gasteiger partial charge in [0.15, 0.2) is 10.8 Å². The fourth-order valence-corrected chi connectivity index (χ4v) is 3.92. The number of aryl methyl sites for hydroxylation is 1. The third kappa shape index (κ3) is 1.91. The van der Waals surface area contributed by atoms with Crippen LogP contribution in [0.3, 0.4) is 0 Å². The van der Waals surface area contributed by atoms with Gasteiger partial charge in [-0.1, -0.05) is 11.3 Å². The molecule has 6 nitrogen and oxygen atoms in total. The van der Waals surface area contributed by atoms with Crippen LogP contribution in [-0.4, -0.2) is 24.8 Å². The third-order valence-electron chi connectivity index (χ3n) is 3.13. The largest absolute Gasteiger partial charge is 0.397 e. The molecule has 0 unspecified atom stereocenters. The van der Waals surface area contributed by atoms with Crippen molar-refractivity contribution >= 4 is 33.3 Å². The molecule has 0 saturated carbocycles. The Bertz CT molecular complexity index is 921. The topological polar surface area (TPSA) is 82.0 Å². The summed E-state index contributed by atoms with van der Waals surface area (Å²) in [5.41, 5.74) is 8.84. The molecule has 0 bridgehead atoms. The van der Waals surface area contributed by atoms with Gasteiger partial charge in [0.1, 0.15) is 0 Å². The highest BCUT2D eigenvalue weighted by molar-refractivity contribution is 7.24. The van der Waals surface area contributed by atoms with Gasteiger partial charge in [-0.3, -0.25) is 4.98 Å². The molecule has 0 aromatic carbocycles. The summed E-state index contributed by atoms with van der Waals surface area (Å²) in [4.78, 5) is 5.84. The van der Waals surface area contributed by atoms with Crippen molar-refractivity contribution in [1.29, 1.82) is 0 Å². The van der Waals surface area contributed by atoms with E-state index < -0.39 is 0 Å². The van der Waals surface area contributed by atoms with Crippen molar-refractivity contribution in [3.63, 3.8) is 0 Å². The number of thiophene rings is 1. The summed E-state index contributed by atoms with van der Waals surface area (Å²) in [6.07, 6.45) is 3.47. The van der Waals surface area contributed by atoms with Gasteiger partial charge in [-0.05, 0) is 30.0 Å². The van der Waals surface area contributed by atoms with Crippen LogP contribution in [-0.2, 0) is 0 Å². The smallest absolute Gasteiger partial charge is 0.235 e. The zero-order valence-electron chi connectivity index (χ0n) is 11.0. The zero-order valence-corrected chi connectivity index (χ0v) is 12.6. The minimum absolute atomic E-state index is 0.687. The molecule has 0 aliphatic rings. The zero-order chi connectivity index (χ0) is 14.4. The summed E-state index contributed by atoms with van der Waals surface area (Å²) >= 11 is 3.08. The van der Waals surface area contributed by atoms with Gasteiger partial charge in [0.2, 0.25) is 4.96 Å². The summed E-state index contributed by atoms with van der Waals surface area (Å²) in [5.74, 6) is 0.687. The molecule has 0 atom stereocenters. The second-order valence-corrected chi connectivity index (χ2v) is 6.36. The van der Waals surface area contributed by atoms with E-state index in [1.807, 2.05) is 24.4 Å². The van der Waals surface area contributed by atoms with Gasteiger partial charge in [0, 0.05) is 18.0 Å². The molecule has 4 heterocycles. The number of hydrogen-bond donors (Lipinski definition) is 1. The average Bonchev–Trinajstić information content (AvgIpc) is 3.15. The van der Waals surface area contributed by atoms with E-state index in [9.17, 15) is 0 Å². The predicted molar refractivity (Wildman–Crippen MR) is 84.4 cm³/mol. The SMILES string of the molecule is Cc1csc(-c2nn3c(-c4cccnc4)nnc3s2)c1N. The fraction of sp³-hybridized carbons (Fsp3) is 0.0769. The maximum atomic E-state index is 6.10. The fourth-order valence-electron chi connectivity index (χ4n) is 2.00. The summed E-state index contributed by atoms with van der Waals surface area (Å²) < 4.78 is 1.74. The van der Waals surface area contributed by atoms with Crippen molar-refractivity contribution in [1.82, 2.24) is 24.8 Å². The monoisotopic (exact) mass is 314 g/mol. The van der Waals surface area contributed by atoms with E-state index in [-0.39, 0.29) is 0 Å². The Morgan fingerprint density at radius 3 is 2.90 bits per heavy atom. The number of rotatable bonds is 2. The Balaban J connectivity index is 1.89. The van der Waals surface area contributed by atoms with Gasteiger partial charge in [0.05, 0.1) is 10.6 Å². The minimum atomic E-state index is 0.687. The van der Waals surface area contributed by atoms with Crippen LogP contribution in [0.2, 0.25) is 0 Å². The van der Waals surface area contributed by atoms with Crippen molar-refractivity contribution in [2.24, 2.45) is 0 Å². The summed E-state index contributed by atoms with van der Waals surface area (Å²) in [6, 6.07) is 3.80. The number of nitrogens with two attached hydrogens (primary N) is 1. The lowest BCUT2D eigenvalue weighted by Crippen LogP contribution is -1.92. The molecule has 0 fully saturated rings. The second kappa shape index (κ2) is 4.61. The van der Waals surface area contributed by atoms with Gasteiger partial charge in [0.25, 0.3) is 0 Å². The summed E-state index contributed by atoms with van der Waals surface area (Å²) in [6.45, 7) is 2.00. The Hall–Kier alpha value is -2.32. The molecular formula is C13H10N6S2. The van der Waals surface area contributed by atoms with Crippen molar-refractivity contribution in [3.05, 3.63) is 35.5 Å². The van der Waals surface area contributed by atoms with Gasteiger partial charge >= 0.3 is 0 Å². The van der Waals surface area contributed by atoms with E-state index in [2.05, 4.69) is 20.3 Å². The molecule has 0 amide bonds. The normalized spacial score (nSPS) is 11.3. The van der Waals surface area contributed by atoms with Gasteiger partial charge in [-0.25, -0.2) is 0 Å². The van der Waals surface area contributed by atoms with E-state index in [0.717, 1.165) is 31.7 Å². The van der Waals surface area contributed by atoms with Crippen LogP contribution in [0.1, 0.15) is 5.56 Å². The van der Waals surface area contributed by atoms with Crippen LogP contribution in [0.5, 0.6) is 0 Å². The molecule has 4 aromatic rings. The van der Waals surface area contributed by atoms with Crippen LogP contribution in [0.15, 0.2) is 29.9 Å². The van der Waals surface area contributed by atoms with Crippen LogP contribution in [0.4, 0.5) is 5.69 Å². The number of nitrogens with zero attached hydrogens (tertiary/aromatic N) is 5. The van der Waals surface area contributed by atoms with Crippen LogP contribution in [0, 0.1) is 6.92 Å². The van der Waals surface area contributed by atoms with Gasteiger partial charge in [-0.15, -0.1) is 21.5 Å². The molecule has 0 spiro atoms. The highest BCUT2D eigenvalue weighted by Crippen LogP contribution is 2.37. The van der Waals surface area contributed by atoms with E-state index in [1.54, 1.807) is 28.2 Å². The predicted octanol–water partition coefficient (Wildman–Crippen LogP) is 2.87. The summed E-state index contributed by atoms with van der Waals surface area (Å²) in [5, 5.41) is 15.9. The molecule has 2 N–H and O–H groups in total. The number of fused-ring (bicyclic) bond motifs is 1. The molecular weight excluding hydrogens is 304 g/mol. The van der Waals surface area contributed by atoms with Crippen molar-refractivity contribution < 1.29 is 0 Å². The lowest BCUT2D eigenvalue weighted by molar-refractivity contribution is 0.970. The average molecular weight is 314 g/mol. The van der Waals surface area contributed by atoms with Crippen molar-refractivity contribution in [3.8, 4) is 21.3 Å². The molecule has 4 rings (SSSR count). The number of anilines is 1. The van der Waals surface area contributed by atoms with E-state index >= 15 is 0 Å². The molecule has 8 heteroatoms. The first kappa shape index (κ1) is 12.4. The van der Waals surface area contributed by atoms with Crippen molar-refractivity contribution in [2.75, 3.05) is 5.73 Å². The van der Waals surface area contributed by atoms with Gasteiger partial charge in [-0.2, -0.15) is 9.61 Å². The molecule has 0 saturated heterocycles. The lowest BCUT2D eigenvalue weighted by atomic mass is 10.3. The molecule has 104 valence electrons. The third-order valence-corrected chi connectivity index (χ3v) is 5.29. The molecule has 4 aromatic heterocycles. The van der Waals surface area contributed by atoms with Crippen molar-refractivity contribution in [2.45, 2.75) is 6.92 Å². The number of hydrogen-bond acceptors (Lipinski definition) is 7. The maximum Gasteiger partial charge on any atom is 0.235 e. The number of aromatic nitrogens is 5. The second-order valence-electron chi connectivity index (χ2n) is 4.53. The Morgan fingerprint density at radius 1 is 1.29 bits per heavy atom. The lowest BCUT2D eigenvalue weighted by Gasteiger charge is -1.96. The first-order chi connectivity index (χ1) is 10.2. The summed E-state index contributed by atoms with van der Waals surface area (Å²) in [7, 11) is 0. The van der Waals surface area contributed by atoms with E-state index in [0.29, 0.717) is 5.82 Å². The maximum absolute atomic E-state index is 6.10. The Labute approximate surface area is 127 Å². The number of pyridine rings is 1. The van der Waals surface area contributed by atoms with Crippen LogP contribution >= 0.6 is 22.7 Å². The Morgan fingerprint density at radius 2 is 2.19 bits per heavy atom. The van der Waals surface area contributed by atoms with E-state index in [1.165, 1.54) is 11.3 Å². The minimum Gasteiger partial charge on any atom is -0.397 e. The Kier molecular flexibility index (Phi) is 2.72. The number of nitrogen functional groups attached to an aromatic ring is 1. The molecule has 0 aliphatic carbocycles. The van der Waals surface area contributed by atoms with Gasteiger partial charge < -0.3 is 5.73 Å².